The van der Waals surface area contributed by atoms with Crippen LogP contribution in [0.5, 0.6) is 0 Å². The molecule has 2 unspecified atom stereocenters. The molecule has 3 aromatic rings. The van der Waals surface area contributed by atoms with Gasteiger partial charge in [0.1, 0.15) is 27.3 Å². The van der Waals surface area contributed by atoms with E-state index < -0.39 is 16.8 Å². The van der Waals surface area contributed by atoms with Gasteiger partial charge in [0.2, 0.25) is 5.95 Å². The Kier molecular flexibility index (Phi) is 5.93. The summed E-state index contributed by atoms with van der Waals surface area (Å²) in [6.45, 7) is 3.58. The summed E-state index contributed by atoms with van der Waals surface area (Å²) in [7, 11) is 3.87. The Morgan fingerprint density at radius 3 is 2.67 bits per heavy atom. The SMILES string of the molecule is BC(B)(CNc1nccc(-c2cccc(CN3CC4CC3CN4)c2)n1)c1cc(F)cc(F)c1. The third kappa shape index (κ3) is 4.94. The largest absolute Gasteiger partial charge is 0.355 e. The molecule has 2 aliphatic rings. The second kappa shape index (κ2) is 8.88. The molecule has 0 spiro atoms. The van der Waals surface area contributed by atoms with Gasteiger partial charge in [-0.25, -0.2) is 18.7 Å². The molecule has 5 nitrogen and oxygen atoms in total. The van der Waals surface area contributed by atoms with Gasteiger partial charge < -0.3 is 10.6 Å². The zero-order valence-electron chi connectivity index (χ0n) is 19.0. The minimum atomic E-state index is -0.575. The Balaban J connectivity index is 1.28. The first-order valence-electron chi connectivity index (χ1n) is 11.5. The van der Waals surface area contributed by atoms with Crippen molar-refractivity contribution in [2.24, 2.45) is 0 Å². The molecule has 2 bridgehead atoms. The average molecular weight is 445 g/mol. The van der Waals surface area contributed by atoms with Crippen molar-refractivity contribution in [3.63, 3.8) is 0 Å². The van der Waals surface area contributed by atoms with Crippen LogP contribution in [0.4, 0.5) is 14.7 Å². The second-order valence-corrected chi connectivity index (χ2v) is 9.79. The van der Waals surface area contributed by atoms with Crippen molar-refractivity contribution >= 4 is 21.6 Å². The number of anilines is 1. The zero-order valence-corrected chi connectivity index (χ0v) is 19.0. The van der Waals surface area contributed by atoms with Crippen LogP contribution < -0.4 is 10.6 Å². The number of likely N-dealkylation sites (tertiary alicyclic amines) is 1. The van der Waals surface area contributed by atoms with Gasteiger partial charge in [-0.05, 0) is 47.0 Å². The fourth-order valence-electron chi connectivity index (χ4n) is 4.86. The molecule has 3 heterocycles. The van der Waals surface area contributed by atoms with Crippen molar-refractivity contribution in [2.75, 3.05) is 25.0 Å². The molecule has 2 N–H and O–H groups in total. The van der Waals surface area contributed by atoms with Gasteiger partial charge in [0.05, 0.1) is 5.69 Å². The maximum atomic E-state index is 13.7. The van der Waals surface area contributed by atoms with E-state index in [9.17, 15) is 8.78 Å². The monoisotopic (exact) mass is 445 g/mol. The smallest absolute Gasteiger partial charge is 0.223 e. The Bertz CT molecular complexity index is 1140. The Morgan fingerprint density at radius 1 is 1.12 bits per heavy atom. The minimum Gasteiger partial charge on any atom is -0.355 e. The van der Waals surface area contributed by atoms with Crippen molar-refractivity contribution in [1.29, 1.82) is 0 Å². The normalized spacial score (nSPS) is 20.3. The molecule has 2 aliphatic heterocycles. The summed E-state index contributed by atoms with van der Waals surface area (Å²) in [6.07, 6.45) is 2.98. The quantitative estimate of drug-likeness (QED) is 0.541. The zero-order chi connectivity index (χ0) is 23.0. The molecule has 2 fully saturated rings. The van der Waals surface area contributed by atoms with Gasteiger partial charge in [-0.3, -0.25) is 4.90 Å². The molecule has 2 saturated heterocycles. The van der Waals surface area contributed by atoms with Crippen LogP contribution in [0.15, 0.2) is 54.7 Å². The molecular weight excluding hydrogens is 418 g/mol. The number of nitrogens with zero attached hydrogens (tertiary/aromatic N) is 3. The first-order valence-corrected chi connectivity index (χ1v) is 11.5. The van der Waals surface area contributed by atoms with Crippen LogP contribution in [0.3, 0.4) is 0 Å². The molecule has 9 heteroatoms. The van der Waals surface area contributed by atoms with Gasteiger partial charge in [-0.1, -0.05) is 18.2 Å². The summed E-state index contributed by atoms with van der Waals surface area (Å²) in [5.41, 5.74) is 3.75. The fourth-order valence-corrected chi connectivity index (χ4v) is 4.86. The molecule has 5 rings (SSSR count). The number of rotatable bonds is 7. The average Bonchev–Trinajstić information content (AvgIpc) is 3.41. The molecular formula is C24H27B2F2N5. The van der Waals surface area contributed by atoms with Crippen LogP contribution in [-0.2, 0) is 11.8 Å². The number of nitrogens with one attached hydrogen (secondary N) is 2. The fraction of sp³-hybridized carbons (Fsp3) is 0.333. The molecule has 0 aliphatic carbocycles. The summed E-state index contributed by atoms with van der Waals surface area (Å²) < 4.78 is 27.4. The summed E-state index contributed by atoms with van der Waals surface area (Å²) in [6, 6.07) is 15.3. The summed E-state index contributed by atoms with van der Waals surface area (Å²) >= 11 is 0. The lowest BCUT2D eigenvalue weighted by Crippen LogP contribution is -2.42. The van der Waals surface area contributed by atoms with E-state index in [1.165, 1.54) is 24.1 Å². The predicted octanol–water partition coefficient (Wildman–Crippen LogP) is 1.50. The maximum Gasteiger partial charge on any atom is 0.223 e. The molecule has 0 saturated carbocycles. The summed E-state index contributed by atoms with van der Waals surface area (Å²) in [5.74, 6) is -0.658. The number of aromatic nitrogens is 2. The highest BCUT2D eigenvalue weighted by Crippen LogP contribution is 2.27. The van der Waals surface area contributed by atoms with Crippen LogP contribution in [0, 0.1) is 11.6 Å². The highest BCUT2D eigenvalue weighted by Gasteiger charge is 2.37. The maximum absolute atomic E-state index is 13.7. The first kappa shape index (κ1) is 22.0. The van der Waals surface area contributed by atoms with Gasteiger partial charge in [-0.15, -0.1) is 0 Å². The molecule has 168 valence electrons. The number of hydrogen-bond donors (Lipinski definition) is 2. The van der Waals surface area contributed by atoms with E-state index in [1.807, 2.05) is 21.8 Å². The number of benzene rings is 2. The topological polar surface area (TPSA) is 53.1 Å². The van der Waals surface area contributed by atoms with E-state index in [0.29, 0.717) is 30.1 Å². The Labute approximate surface area is 194 Å². The first-order chi connectivity index (χ1) is 15.9. The van der Waals surface area contributed by atoms with Crippen LogP contribution >= 0.6 is 0 Å². The van der Waals surface area contributed by atoms with E-state index in [-0.39, 0.29) is 0 Å². The molecule has 2 aromatic carbocycles. The van der Waals surface area contributed by atoms with Crippen molar-refractivity contribution in [2.45, 2.75) is 30.3 Å². The number of piperazine rings is 1. The van der Waals surface area contributed by atoms with Gasteiger partial charge >= 0.3 is 0 Å². The number of halogens is 2. The highest BCUT2D eigenvalue weighted by atomic mass is 19.1. The lowest BCUT2D eigenvalue weighted by Gasteiger charge is -2.27. The standard InChI is InChI=1S/C24H27B2F2N5/c25-24(26,17-7-18(27)9-19(28)8-17)14-31-23-29-5-4-22(32-23)16-3-1-2-15(6-16)12-33-13-20-10-21(33)11-30-20/h1-9,20-21,30H,10-14,25-26H2,(H,29,31,32). The number of hydrogen-bond acceptors (Lipinski definition) is 5. The third-order valence-corrected chi connectivity index (χ3v) is 6.77. The Morgan fingerprint density at radius 2 is 1.94 bits per heavy atom. The summed E-state index contributed by atoms with van der Waals surface area (Å²) in [5, 5.41) is 6.28. The van der Waals surface area contributed by atoms with E-state index in [1.54, 1.807) is 6.20 Å². The van der Waals surface area contributed by atoms with Crippen LogP contribution in [0.1, 0.15) is 17.5 Å². The number of fused-ring (bicyclic) bond motifs is 2. The lowest BCUT2D eigenvalue weighted by molar-refractivity contribution is 0.218. The molecule has 33 heavy (non-hydrogen) atoms. The van der Waals surface area contributed by atoms with E-state index in [2.05, 4.69) is 44.8 Å². The van der Waals surface area contributed by atoms with E-state index >= 15 is 0 Å². The molecule has 0 amide bonds. The lowest BCUT2D eigenvalue weighted by atomic mass is 9.51. The summed E-state index contributed by atoms with van der Waals surface area (Å²) in [4.78, 5) is 11.6. The molecule has 1 aromatic heterocycles. The molecule has 2 atom stereocenters. The van der Waals surface area contributed by atoms with Crippen molar-refractivity contribution in [1.82, 2.24) is 20.2 Å². The second-order valence-electron chi connectivity index (χ2n) is 9.79. The highest BCUT2D eigenvalue weighted by molar-refractivity contribution is 6.40. The predicted molar refractivity (Wildman–Crippen MR) is 132 cm³/mol. The van der Waals surface area contributed by atoms with Crippen molar-refractivity contribution in [3.8, 4) is 11.3 Å². The van der Waals surface area contributed by atoms with Crippen LogP contribution in [0.2, 0.25) is 0 Å². The Hall–Kier alpha value is -2.77. The van der Waals surface area contributed by atoms with Gasteiger partial charge in [-0.2, -0.15) is 0 Å². The van der Waals surface area contributed by atoms with Gasteiger partial charge in [0, 0.05) is 56.1 Å². The van der Waals surface area contributed by atoms with Crippen molar-refractivity contribution < 1.29 is 8.78 Å². The third-order valence-electron chi connectivity index (χ3n) is 6.77. The van der Waals surface area contributed by atoms with Gasteiger partial charge in [0.15, 0.2) is 0 Å². The van der Waals surface area contributed by atoms with Gasteiger partial charge in [0.25, 0.3) is 0 Å². The van der Waals surface area contributed by atoms with Crippen LogP contribution in [-0.4, -0.2) is 62.3 Å². The van der Waals surface area contributed by atoms with E-state index in [4.69, 9.17) is 4.98 Å². The molecule has 0 radical (unpaired) electrons. The van der Waals surface area contributed by atoms with E-state index in [0.717, 1.165) is 37.0 Å². The van der Waals surface area contributed by atoms with Crippen molar-refractivity contribution in [3.05, 3.63) is 77.5 Å². The minimum absolute atomic E-state index is 0.435. The van der Waals surface area contributed by atoms with Crippen LogP contribution in [0.25, 0.3) is 11.3 Å².